The number of hydrogen-bond acceptors (Lipinski definition) is 1. The lowest BCUT2D eigenvalue weighted by Gasteiger charge is -2.03. The maximum absolute atomic E-state index is 2.39. The van der Waals surface area contributed by atoms with Crippen LogP contribution in [0, 0.1) is 0 Å². The molecule has 0 aliphatic rings. The van der Waals surface area contributed by atoms with Crippen molar-refractivity contribution in [2.75, 3.05) is 0 Å². The normalized spacial score (nSPS) is 11.4. The van der Waals surface area contributed by atoms with Crippen LogP contribution in [0.5, 0.6) is 0 Å². The molecular weight excluding hydrogens is 262 g/mol. The maximum Gasteiger partial charge on any atom is 0.0491 e. The van der Waals surface area contributed by atoms with Crippen molar-refractivity contribution >= 4 is 33.1 Å². The fourth-order valence-corrected chi connectivity index (χ4v) is 3.71. The third-order valence-corrected chi connectivity index (χ3v) is 4.81. The van der Waals surface area contributed by atoms with E-state index in [0.717, 1.165) is 6.54 Å². The van der Waals surface area contributed by atoms with Crippen LogP contribution >= 0.6 is 11.3 Å². The van der Waals surface area contributed by atoms with Crippen LogP contribution in [0.25, 0.3) is 32.2 Å². The van der Waals surface area contributed by atoms with Crippen molar-refractivity contribution in [3.8, 4) is 10.4 Å². The van der Waals surface area contributed by atoms with Crippen molar-refractivity contribution < 1.29 is 0 Å². The SMILES string of the molecule is CCn1c2ccccc2c2cc(-c3cccs3)ccc21. The van der Waals surface area contributed by atoms with Crippen LogP contribution < -0.4 is 0 Å². The van der Waals surface area contributed by atoms with E-state index in [1.54, 1.807) is 11.3 Å². The quantitative estimate of drug-likeness (QED) is 0.453. The van der Waals surface area contributed by atoms with Crippen molar-refractivity contribution in [3.05, 3.63) is 60.0 Å². The van der Waals surface area contributed by atoms with E-state index < -0.39 is 0 Å². The van der Waals surface area contributed by atoms with Crippen molar-refractivity contribution in [2.45, 2.75) is 13.5 Å². The second-order valence-corrected chi connectivity index (χ2v) is 5.92. The summed E-state index contributed by atoms with van der Waals surface area (Å²) in [7, 11) is 0. The summed E-state index contributed by atoms with van der Waals surface area (Å²) in [6.45, 7) is 3.21. The average molecular weight is 277 g/mol. The number of thiophene rings is 1. The highest BCUT2D eigenvalue weighted by Crippen LogP contribution is 2.33. The molecule has 4 aromatic rings. The van der Waals surface area contributed by atoms with Gasteiger partial charge in [-0.25, -0.2) is 0 Å². The van der Waals surface area contributed by atoms with E-state index in [4.69, 9.17) is 0 Å². The van der Waals surface area contributed by atoms with Crippen LogP contribution in [-0.4, -0.2) is 4.57 Å². The lowest BCUT2D eigenvalue weighted by atomic mass is 10.1. The van der Waals surface area contributed by atoms with Crippen LogP contribution in [0.3, 0.4) is 0 Å². The van der Waals surface area contributed by atoms with Gasteiger partial charge in [-0.15, -0.1) is 11.3 Å². The van der Waals surface area contributed by atoms with Gasteiger partial charge in [-0.1, -0.05) is 30.3 Å². The fraction of sp³-hybridized carbons (Fsp3) is 0.111. The summed E-state index contributed by atoms with van der Waals surface area (Å²) >= 11 is 1.80. The molecule has 0 aliphatic carbocycles. The Hall–Kier alpha value is -2.06. The molecule has 0 saturated heterocycles. The van der Waals surface area contributed by atoms with Gasteiger partial charge in [0, 0.05) is 33.2 Å². The highest BCUT2D eigenvalue weighted by atomic mass is 32.1. The van der Waals surface area contributed by atoms with Gasteiger partial charge in [0.25, 0.3) is 0 Å². The molecule has 0 amide bonds. The van der Waals surface area contributed by atoms with Gasteiger partial charge in [-0.2, -0.15) is 0 Å². The third-order valence-electron chi connectivity index (χ3n) is 3.89. The number of hydrogen-bond donors (Lipinski definition) is 0. The third kappa shape index (κ3) is 1.61. The first-order chi connectivity index (χ1) is 9.88. The molecule has 0 radical (unpaired) electrons. The Balaban J connectivity index is 2.10. The second-order valence-electron chi connectivity index (χ2n) is 4.97. The molecule has 0 unspecified atom stereocenters. The van der Waals surface area contributed by atoms with Gasteiger partial charge in [0.2, 0.25) is 0 Å². The molecule has 4 rings (SSSR count). The number of para-hydroxylation sites is 1. The molecular formula is C18H15NS. The smallest absolute Gasteiger partial charge is 0.0491 e. The van der Waals surface area contributed by atoms with Crippen molar-refractivity contribution in [1.29, 1.82) is 0 Å². The Morgan fingerprint density at radius 1 is 0.900 bits per heavy atom. The zero-order valence-electron chi connectivity index (χ0n) is 11.3. The summed E-state index contributed by atoms with van der Waals surface area (Å²) in [4.78, 5) is 1.33. The summed E-state index contributed by atoms with van der Waals surface area (Å²) in [5.74, 6) is 0. The monoisotopic (exact) mass is 277 g/mol. The topological polar surface area (TPSA) is 4.93 Å². The lowest BCUT2D eigenvalue weighted by Crippen LogP contribution is -1.92. The maximum atomic E-state index is 2.39. The van der Waals surface area contributed by atoms with Gasteiger partial charge in [0.1, 0.15) is 0 Å². The molecule has 20 heavy (non-hydrogen) atoms. The van der Waals surface area contributed by atoms with Crippen LogP contribution in [0.1, 0.15) is 6.92 Å². The second kappa shape index (κ2) is 4.50. The molecule has 0 bridgehead atoms. The number of fused-ring (bicyclic) bond motifs is 3. The van der Waals surface area contributed by atoms with Gasteiger partial charge in [0.15, 0.2) is 0 Å². The van der Waals surface area contributed by atoms with Gasteiger partial charge in [0.05, 0.1) is 0 Å². The Labute approximate surface area is 122 Å². The molecule has 2 heteroatoms. The molecule has 98 valence electrons. The summed E-state index contributed by atoms with van der Waals surface area (Å²) in [5, 5.41) is 4.84. The van der Waals surface area contributed by atoms with E-state index in [-0.39, 0.29) is 0 Å². The molecule has 0 N–H and O–H groups in total. The predicted octanol–water partition coefficient (Wildman–Crippen LogP) is 5.54. The lowest BCUT2D eigenvalue weighted by molar-refractivity contribution is 0.827. The molecule has 0 atom stereocenters. The van der Waals surface area contributed by atoms with Crippen molar-refractivity contribution in [1.82, 2.24) is 4.57 Å². The van der Waals surface area contributed by atoms with Crippen LogP contribution in [-0.2, 0) is 6.54 Å². The molecule has 0 aliphatic heterocycles. The summed E-state index contributed by atoms with van der Waals surface area (Å²) in [6.07, 6.45) is 0. The Morgan fingerprint density at radius 2 is 1.75 bits per heavy atom. The van der Waals surface area contributed by atoms with E-state index in [2.05, 4.69) is 71.5 Å². The van der Waals surface area contributed by atoms with Crippen LogP contribution in [0.4, 0.5) is 0 Å². The van der Waals surface area contributed by atoms with Crippen LogP contribution in [0.15, 0.2) is 60.0 Å². The molecule has 2 heterocycles. The van der Waals surface area contributed by atoms with E-state index in [1.165, 1.54) is 32.2 Å². The number of benzene rings is 2. The number of nitrogens with zero attached hydrogens (tertiary/aromatic N) is 1. The van der Waals surface area contributed by atoms with E-state index in [1.807, 2.05) is 0 Å². The van der Waals surface area contributed by atoms with Gasteiger partial charge >= 0.3 is 0 Å². The van der Waals surface area contributed by atoms with Gasteiger partial charge in [-0.05, 0) is 42.1 Å². The predicted molar refractivity (Wildman–Crippen MR) is 88.4 cm³/mol. The zero-order chi connectivity index (χ0) is 13.5. The van der Waals surface area contributed by atoms with Gasteiger partial charge in [-0.3, -0.25) is 0 Å². The molecule has 1 nitrogen and oxygen atoms in total. The first kappa shape index (κ1) is 11.7. The first-order valence-electron chi connectivity index (χ1n) is 6.93. The van der Waals surface area contributed by atoms with E-state index >= 15 is 0 Å². The first-order valence-corrected chi connectivity index (χ1v) is 7.81. The zero-order valence-corrected chi connectivity index (χ0v) is 12.2. The number of rotatable bonds is 2. The largest absolute Gasteiger partial charge is 0.341 e. The van der Waals surface area contributed by atoms with Gasteiger partial charge < -0.3 is 4.57 Å². The molecule has 0 fully saturated rings. The highest BCUT2D eigenvalue weighted by molar-refractivity contribution is 7.13. The molecule has 0 spiro atoms. The molecule has 2 aromatic heterocycles. The van der Waals surface area contributed by atoms with E-state index in [0.29, 0.717) is 0 Å². The average Bonchev–Trinajstić information content (AvgIpc) is 3.12. The minimum Gasteiger partial charge on any atom is -0.341 e. The van der Waals surface area contributed by atoms with Crippen molar-refractivity contribution in [2.24, 2.45) is 0 Å². The molecule has 2 aromatic carbocycles. The summed E-state index contributed by atoms with van der Waals surface area (Å²) in [5.41, 5.74) is 3.97. The summed E-state index contributed by atoms with van der Waals surface area (Å²) in [6, 6.07) is 19.8. The van der Waals surface area contributed by atoms with Crippen LogP contribution in [0.2, 0.25) is 0 Å². The Kier molecular flexibility index (Phi) is 2.64. The standard InChI is InChI=1S/C18H15NS/c1-2-19-16-7-4-3-6-14(16)15-12-13(9-10-17(15)19)18-8-5-11-20-18/h3-12H,2H2,1H3. The fourth-order valence-electron chi connectivity index (χ4n) is 2.99. The minimum atomic E-state index is 1.00. The Bertz CT molecular complexity index is 884. The van der Waals surface area contributed by atoms with Crippen molar-refractivity contribution in [3.63, 3.8) is 0 Å². The highest BCUT2D eigenvalue weighted by Gasteiger charge is 2.10. The Morgan fingerprint density at radius 3 is 2.55 bits per heavy atom. The van der Waals surface area contributed by atoms with E-state index in [9.17, 15) is 0 Å². The number of aryl methyl sites for hydroxylation is 1. The minimum absolute atomic E-state index is 1.00. The molecule has 0 saturated carbocycles. The summed E-state index contributed by atoms with van der Waals surface area (Å²) < 4.78 is 2.39. The number of aromatic nitrogens is 1.